The van der Waals surface area contributed by atoms with E-state index in [1.54, 1.807) is 0 Å². The molecule has 0 fully saturated rings. The van der Waals surface area contributed by atoms with Crippen LogP contribution in [0, 0.1) is 13.8 Å². The molecule has 2 heterocycles. The molecule has 0 radical (unpaired) electrons. The van der Waals surface area contributed by atoms with Crippen molar-refractivity contribution in [3.05, 3.63) is 34.5 Å². The molecule has 0 unspecified atom stereocenters. The highest BCUT2D eigenvalue weighted by atomic mass is 15.2. The molecule has 96 valence electrons. The number of aryl methyl sites for hydroxylation is 2. The molecule has 2 heteroatoms. The lowest BCUT2D eigenvalue weighted by Gasteiger charge is -2.30. The van der Waals surface area contributed by atoms with Crippen molar-refractivity contribution in [1.29, 1.82) is 0 Å². The fourth-order valence-corrected chi connectivity index (χ4v) is 3.10. The van der Waals surface area contributed by atoms with E-state index in [1.165, 1.54) is 39.8 Å². The highest BCUT2D eigenvalue weighted by Crippen LogP contribution is 2.32. The SMILES string of the molecule is Cc1ccc(C)c2c3c([nH]c12)CCN(C(C)C)C3. The Bertz CT molecular complexity index is 593. The van der Waals surface area contributed by atoms with Gasteiger partial charge in [0, 0.05) is 42.1 Å². The number of benzene rings is 1. The Kier molecular flexibility index (Phi) is 2.70. The number of rotatable bonds is 1. The van der Waals surface area contributed by atoms with E-state index in [4.69, 9.17) is 0 Å². The minimum atomic E-state index is 0.633. The number of hydrogen-bond acceptors (Lipinski definition) is 1. The second-order valence-corrected chi connectivity index (χ2v) is 5.85. The maximum atomic E-state index is 3.66. The molecule has 0 amide bonds. The lowest BCUT2D eigenvalue weighted by Crippen LogP contribution is -2.35. The summed E-state index contributed by atoms with van der Waals surface area (Å²) in [4.78, 5) is 6.22. The number of aromatic amines is 1. The third-order valence-corrected chi connectivity index (χ3v) is 4.30. The lowest BCUT2D eigenvalue weighted by atomic mass is 9.99. The van der Waals surface area contributed by atoms with Gasteiger partial charge < -0.3 is 4.98 Å². The van der Waals surface area contributed by atoms with Gasteiger partial charge in [-0.25, -0.2) is 0 Å². The normalized spacial score (nSPS) is 16.5. The van der Waals surface area contributed by atoms with E-state index in [0.29, 0.717) is 6.04 Å². The Labute approximate surface area is 109 Å². The van der Waals surface area contributed by atoms with Crippen LogP contribution in [-0.2, 0) is 13.0 Å². The monoisotopic (exact) mass is 242 g/mol. The summed E-state index contributed by atoms with van der Waals surface area (Å²) in [7, 11) is 0. The first-order chi connectivity index (χ1) is 8.58. The van der Waals surface area contributed by atoms with Crippen LogP contribution in [-0.4, -0.2) is 22.5 Å². The lowest BCUT2D eigenvalue weighted by molar-refractivity contribution is 0.203. The maximum Gasteiger partial charge on any atom is 0.0491 e. The van der Waals surface area contributed by atoms with E-state index in [1.807, 2.05) is 0 Å². The summed E-state index contributed by atoms with van der Waals surface area (Å²) >= 11 is 0. The van der Waals surface area contributed by atoms with Gasteiger partial charge in [-0.3, -0.25) is 4.90 Å². The van der Waals surface area contributed by atoms with Crippen LogP contribution in [0.1, 0.15) is 36.2 Å². The third-order valence-electron chi connectivity index (χ3n) is 4.30. The average Bonchev–Trinajstić information content (AvgIpc) is 2.73. The molecule has 0 aliphatic carbocycles. The van der Waals surface area contributed by atoms with E-state index < -0.39 is 0 Å². The van der Waals surface area contributed by atoms with Gasteiger partial charge in [0.25, 0.3) is 0 Å². The fraction of sp³-hybridized carbons (Fsp3) is 0.500. The number of aromatic nitrogens is 1. The van der Waals surface area contributed by atoms with Crippen molar-refractivity contribution in [2.75, 3.05) is 6.54 Å². The van der Waals surface area contributed by atoms with Crippen molar-refractivity contribution in [3.63, 3.8) is 0 Å². The molecule has 3 rings (SSSR count). The van der Waals surface area contributed by atoms with Crippen LogP contribution >= 0.6 is 0 Å². The fourth-order valence-electron chi connectivity index (χ4n) is 3.10. The maximum absolute atomic E-state index is 3.66. The first-order valence-corrected chi connectivity index (χ1v) is 6.91. The van der Waals surface area contributed by atoms with Crippen molar-refractivity contribution in [1.82, 2.24) is 9.88 Å². The first kappa shape index (κ1) is 11.8. The minimum Gasteiger partial charge on any atom is -0.358 e. The van der Waals surface area contributed by atoms with Gasteiger partial charge >= 0.3 is 0 Å². The van der Waals surface area contributed by atoms with E-state index >= 15 is 0 Å². The van der Waals surface area contributed by atoms with Gasteiger partial charge in [-0.05, 0) is 44.4 Å². The largest absolute Gasteiger partial charge is 0.358 e. The molecule has 18 heavy (non-hydrogen) atoms. The van der Waals surface area contributed by atoms with Crippen molar-refractivity contribution in [2.24, 2.45) is 0 Å². The third kappa shape index (κ3) is 1.67. The van der Waals surface area contributed by atoms with Gasteiger partial charge in [-0.2, -0.15) is 0 Å². The Morgan fingerprint density at radius 3 is 2.61 bits per heavy atom. The standard InChI is InChI=1S/C16H22N2/c1-10(2)18-8-7-14-13(9-18)15-11(3)5-6-12(4)16(15)17-14/h5-6,10,17H,7-9H2,1-4H3. The molecule has 0 saturated carbocycles. The van der Waals surface area contributed by atoms with Gasteiger partial charge in [-0.1, -0.05) is 12.1 Å². The number of H-pyrrole nitrogens is 1. The molecule has 0 bridgehead atoms. The molecule has 0 spiro atoms. The molecule has 1 aliphatic rings. The molecular formula is C16H22N2. The van der Waals surface area contributed by atoms with Crippen LogP contribution in [0.25, 0.3) is 10.9 Å². The predicted octanol–water partition coefficient (Wildman–Crippen LogP) is 3.55. The Morgan fingerprint density at radius 1 is 1.17 bits per heavy atom. The zero-order chi connectivity index (χ0) is 12.9. The smallest absolute Gasteiger partial charge is 0.0491 e. The Morgan fingerprint density at radius 2 is 1.89 bits per heavy atom. The van der Waals surface area contributed by atoms with Gasteiger partial charge in [0.15, 0.2) is 0 Å². The van der Waals surface area contributed by atoms with E-state index in [9.17, 15) is 0 Å². The van der Waals surface area contributed by atoms with Crippen molar-refractivity contribution in [2.45, 2.75) is 46.7 Å². The van der Waals surface area contributed by atoms with Crippen LogP contribution in [0.3, 0.4) is 0 Å². The highest BCUT2D eigenvalue weighted by Gasteiger charge is 2.23. The van der Waals surface area contributed by atoms with Crippen molar-refractivity contribution in [3.8, 4) is 0 Å². The molecule has 1 aliphatic heterocycles. The summed E-state index contributed by atoms with van der Waals surface area (Å²) in [6.07, 6.45) is 1.15. The zero-order valence-corrected chi connectivity index (χ0v) is 11.8. The molecule has 1 aromatic heterocycles. The van der Waals surface area contributed by atoms with Crippen LogP contribution < -0.4 is 0 Å². The van der Waals surface area contributed by atoms with Crippen LogP contribution in [0.5, 0.6) is 0 Å². The topological polar surface area (TPSA) is 19.0 Å². The molecule has 1 aromatic carbocycles. The zero-order valence-electron chi connectivity index (χ0n) is 11.8. The summed E-state index contributed by atoms with van der Waals surface area (Å²) in [5.74, 6) is 0. The Hall–Kier alpha value is -1.28. The van der Waals surface area contributed by atoms with Crippen LogP contribution in [0.15, 0.2) is 12.1 Å². The molecule has 2 aromatic rings. The molecule has 0 saturated heterocycles. The summed E-state index contributed by atoms with van der Waals surface area (Å²) < 4.78 is 0. The number of fused-ring (bicyclic) bond motifs is 3. The Balaban J connectivity index is 2.18. The van der Waals surface area contributed by atoms with E-state index in [2.05, 4.69) is 49.7 Å². The quantitative estimate of drug-likeness (QED) is 0.810. The van der Waals surface area contributed by atoms with Crippen molar-refractivity contribution >= 4 is 10.9 Å². The predicted molar refractivity (Wildman–Crippen MR) is 77.0 cm³/mol. The molecule has 2 nitrogen and oxygen atoms in total. The first-order valence-electron chi connectivity index (χ1n) is 6.91. The second-order valence-electron chi connectivity index (χ2n) is 5.85. The van der Waals surface area contributed by atoms with Crippen LogP contribution in [0.2, 0.25) is 0 Å². The van der Waals surface area contributed by atoms with E-state index in [0.717, 1.165) is 13.0 Å². The summed E-state index contributed by atoms with van der Waals surface area (Å²) in [5, 5.41) is 1.47. The summed E-state index contributed by atoms with van der Waals surface area (Å²) in [5.41, 5.74) is 7.11. The van der Waals surface area contributed by atoms with Gasteiger partial charge in [0.2, 0.25) is 0 Å². The average molecular weight is 242 g/mol. The summed E-state index contributed by atoms with van der Waals surface area (Å²) in [6.45, 7) is 11.3. The number of hydrogen-bond donors (Lipinski definition) is 1. The highest BCUT2D eigenvalue weighted by molar-refractivity contribution is 5.90. The van der Waals surface area contributed by atoms with Gasteiger partial charge in [-0.15, -0.1) is 0 Å². The molecule has 0 atom stereocenters. The molecule has 1 N–H and O–H groups in total. The minimum absolute atomic E-state index is 0.633. The number of nitrogens with one attached hydrogen (secondary N) is 1. The number of nitrogens with zero attached hydrogens (tertiary/aromatic N) is 1. The molecular weight excluding hydrogens is 220 g/mol. The second kappa shape index (κ2) is 4.13. The van der Waals surface area contributed by atoms with Crippen molar-refractivity contribution < 1.29 is 0 Å². The van der Waals surface area contributed by atoms with Gasteiger partial charge in [0.1, 0.15) is 0 Å². The van der Waals surface area contributed by atoms with E-state index in [-0.39, 0.29) is 0 Å². The summed E-state index contributed by atoms with van der Waals surface area (Å²) in [6, 6.07) is 5.10. The van der Waals surface area contributed by atoms with Gasteiger partial charge in [0.05, 0.1) is 0 Å². The van der Waals surface area contributed by atoms with Crippen LogP contribution in [0.4, 0.5) is 0 Å².